The summed E-state index contributed by atoms with van der Waals surface area (Å²) in [6.07, 6.45) is 1.32. The molecule has 0 spiro atoms. The molecular formula is C24H27N5O4S. The van der Waals surface area contributed by atoms with Gasteiger partial charge < -0.3 is 24.6 Å². The second kappa shape index (κ2) is 10.5. The highest BCUT2D eigenvalue weighted by Gasteiger charge is 2.28. The second-order valence-corrected chi connectivity index (χ2v) is 8.81. The molecule has 1 unspecified atom stereocenters. The smallest absolute Gasteiger partial charge is 0.406 e. The minimum absolute atomic E-state index is 0.148. The van der Waals surface area contributed by atoms with Crippen LogP contribution in [0.1, 0.15) is 33.6 Å². The van der Waals surface area contributed by atoms with Crippen LogP contribution in [0.25, 0.3) is 0 Å². The number of fused-ring (bicyclic) bond motifs is 1. The quantitative estimate of drug-likeness (QED) is 0.548. The highest BCUT2D eigenvalue weighted by atomic mass is 32.1. The maximum Gasteiger partial charge on any atom is 0.406 e. The van der Waals surface area contributed by atoms with Gasteiger partial charge in [-0.2, -0.15) is 0 Å². The molecule has 3 heterocycles. The molecule has 1 aliphatic rings. The summed E-state index contributed by atoms with van der Waals surface area (Å²) < 4.78 is 11.5. The molecule has 10 heteroatoms. The Hall–Kier alpha value is -3.66. The van der Waals surface area contributed by atoms with E-state index in [0.717, 1.165) is 10.6 Å². The van der Waals surface area contributed by atoms with Crippen molar-refractivity contribution in [1.82, 2.24) is 15.3 Å². The number of rotatable bonds is 7. The van der Waals surface area contributed by atoms with Gasteiger partial charge in [-0.05, 0) is 30.5 Å². The average Bonchev–Trinajstić information content (AvgIpc) is 3.34. The van der Waals surface area contributed by atoms with E-state index >= 15 is 0 Å². The number of thiophene rings is 1. The van der Waals surface area contributed by atoms with Gasteiger partial charge in [-0.1, -0.05) is 12.1 Å². The van der Waals surface area contributed by atoms with Gasteiger partial charge in [0.15, 0.2) is 0 Å². The first-order valence-electron chi connectivity index (χ1n) is 11.0. The van der Waals surface area contributed by atoms with Crippen LogP contribution < -0.4 is 19.9 Å². The minimum Gasteiger partial charge on any atom is -0.485 e. The molecule has 1 N–H and O–H groups in total. The molecule has 178 valence electrons. The number of benzene rings is 1. The summed E-state index contributed by atoms with van der Waals surface area (Å²) in [6, 6.07) is 11.4. The van der Waals surface area contributed by atoms with Gasteiger partial charge in [0.2, 0.25) is 0 Å². The Balaban J connectivity index is 1.55. The number of nitrogens with zero attached hydrogens (tertiary/aromatic N) is 4. The number of nitrogens with one attached hydrogen (secondary N) is 1. The Morgan fingerprint density at radius 3 is 2.88 bits per heavy atom. The van der Waals surface area contributed by atoms with E-state index in [1.54, 1.807) is 22.4 Å². The van der Waals surface area contributed by atoms with Crippen LogP contribution in [-0.4, -0.2) is 55.8 Å². The molecule has 0 saturated heterocycles. The second-order valence-electron chi connectivity index (χ2n) is 7.83. The molecule has 34 heavy (non-hydrogen) atoms. The van der Waals surface area contributed by atoms with E-state index in [9.17, 15) is 9.59 Å². The lowest BCUT2D eigenvalue weighted by atomic mass is 10.2. The molecule has 1 aromatic carbocycles. The fraction of sp³-hybridized carbons (Fsp3) is 0.333. The highest BCUT2D eigenvalue weighted by molar-refractivity contribution is 7.10. The number of aromatic nitrogens is 2. The van der Waals surface area contributed by atoms with E-state index < -0.39 is 6.09 Å². The van der Waals surface area contributed by atoms with E-state index in [-0.39, 0.29) is 18.6 Å². The molecule has 1 atom stereocenters. The zero-order chi connectivity index (χ0) is 24.1. The van der Waals surface area contributed by atoms with Crippen molar-refractivity contribution in [3.63, 3.8) is 0 Å². The molecule has 0 fully saturated rings. The summed E-state index contributed by atoms with van der Waals surface area (Å²) in [5, 5.41) is 4.42. The lowest BCUT2D eigenvalue weighted by molar-refractivity contribution is 0.0989. The van der Waals surface area contributed by atoms with E-state index in [0.29, 0.717) is 42.5 Å². The average molecular weight is 482 g/mol. The third-order valence-corrected chi connectivity index (χ3v) is 6.44. The normalized spacial score (nSPS) is 14.3. The summed E-state index contributed by atoms with van der Waals surface area (Å²) in [5.41, 5.74) is 1.20. The lowest BCUT2D eigenvalue weighted by Crippen LogP contribution is -2.33. The van der Waals surface area contributed by atoms with E-state index in [2.05, 4.69) is 15.3 Å². The van der Waals surface area contributed by atoms with Crippen molar-refractivity contribution >= 4 is 34.8 Å². The monoisotopic (exact) mass is 481 g/mol. The number of likely N-dealkylation sites (N-methyl/N-ethyl adjacent to an activating group) is 1. The van der Waals surface area contributed by atoms with Gasteiger partial charge >= 0.3 is 6.09 Å². The van der Waals surface area contributed by atoms with Gasteiger partial charge in [-0.25, -0.2) is 14.8 Å². The molecule has 0 saturated carbocycles. The number of anilines is 2. The first kappa shape index (κ1) is 23.5. The number of carbonyl (C=O) groups excluding carboxylic acids is 2. The van der Waals surface area contributed by atoms with Crippen LogP contribution in [0.15, 0.2) is 48.0 Å². The van der Waals surface area contributed by atoms with E-state index in [1.807, 2.05) is 60.6 Å². The Morgan fingerprint density at radius 1 is 1.26 bits per heavy atom. The zero-order valence-electron chi connectivity index (χ0n) is 19.4. The molecule has 9 nitrogen and oxygen atoms in total. The first-order valence-corrected chi connectivity index (χ1v) is 11.9. The van der Waals surface area contributed by atoms with Crippen LogP contribution >= 0.6 is 11.3 Å². The number of alkyl carbamates (subject to hydrolysis) is 1. The highest BCUT2D eigenvalue weighted by Crippen LogP contribution is 2.32. The SMILES string of the molecule is CNC(=O)OCCC(Oc1cccc(N2CCN(C)c3nc(C)ncc3C2=O)c1)c1cccs1. The predicted molar refractivity (Wildman–Crippen MR) is 131 cm³/mol. The van der Waals surface area contributed by atoms with Crippen molar-refractivity contribution in [3.8, 4) is 5.75 Å². The number of carbonyl (C=O) groups is 2. The van der Waals surface area contributed by atoms with Crippen molar-refractivity contribution in [2.24, 2.45) is 0 Å². The van der Waals surface area contributed by atoms with Crippen molar-refractivity contribution < 1.29 is 19.1 Å². The van der Waals surface area contributed by atoms with Gasteiger partial charge in [0.25, 0.3) is 5.91 Å². The molecular weight excluding hydrogens is 454 g/mol. The molecule has 0 aliphatic carbocycles. The van der Waals surface area contributed by atoms with Crippen LogP contribution in [0.3, 0.4) is 0 Å². The largest absolute Gasteiger partial charge is 0.485 e. The van der Waals surface area contributed by atoms with Crippen molar-refractivity contribution in [1.29, 1.82) is 0 Å². The van der Waals surface area contributed by atoms with Crippen molar-refractivity contribution in [3.05, 3.63) is 64.2 Å². The third kappa shape index (κ3) is 5.28. The summed E-state index contributed by atoms with van der Waals surface area (Å²) in [4.78, 5) is 38.2. The van der Waals surface area contributed by atoms with Gasteiger partial charge in [0.1, 0.15) is 29.1 Å². The number of ether oxygens (including phenoxy) is 2. The molecule has 0 bridgehead atoms. The summed E-state index contributed by atoms with van der Waals surface area (Å²) >= 11 is 1.58. The zero-order valence-corrected chi connectivity index (χ0v) is 20.2. The van der Waals surface area contributed by atoms with E-state index in [4.69, 9.17) is 9.47 Å². The summed E-state index contributed by atoms with van der Waals surface area (Å²) in [6.45, 7) is 3.16. The van der Waals surface area contributed by atoms with Crippen LogP contribution in [0.4, 0.5) is 16.3 Å². The fourth-order valence-corrected chi connectivity index (χ4v) is 4.49. The molecule has 3 aromatic rings. The molecule has 0 radical (unpaired) electrons. The standard InChI is InChI=1S/C24H27N5O4S/c1-16-26-15-19-22(27-16)28(3)10-11-29(23(19)30)17-6-4-7-18(14-17)33-20(21-8-5-13-34-21)9-12-32-24(31)25-2/h4-8,13-15,20H,9-12H2,1-3H3,(H,25,31). The Labute approximate surface area is 202 Å². The number of amides is 2. The molecule has 2 aromatic heterocycles. The van der Waals surface area contributed by atoms with Crippen LogP contribution in [0.2, 0.25) is 0 Å². The van der Waals surface area contributed by atoms with Gasteiger partial charge in [0.05, 0.1) is 6.61 Å². The minimum atomic E-state index is -0.476. The summed E-state index contributed by atoms with van der Waals surface area (Å²) in [7, 11) is 3.45. The Kier molecular flexibility index (Phi) is 7.27. The van der Waals surface area contributed by atoms with E-state index in [1.165, 1.54) is 7.05 Å². The lowest BCUT2D eigenvalue weighted by Gasteiger charge is -2.23. The first-order chi connectivity index (χ1) is 16.5. The van der Waals surface area contributed by atoms with Gasteiger partial charge in [-0.15, -0.1) is 11.3 Å². The van der Waals surface area contributed by atoms with Crippen molar-refractivity contribution in [2.45, 2.75) is 19.4 Å². The predicted octanol–water partition coefficient (Wildman–Crippen LogP) is 3.81. The number of hydrogen-bond acceptors (Lipinski definition) is 8. The van der Waals surface area contributed by atoms with Crippen molar-refractivity contribution in [2.75, 3.05) is 43.6 Å². The third-order valence-electron chi connectivity index (χ3n) is 5.47. The molecule has 1 aliphatic heterocycles. The summed E-state index contributed by atoms with van der Waals surface area (Å²) in [5.74, 6) is 1.75. The maximum absolute atomic E-state index is 13.4. The van der Waals surface area contributed by atoms with Crippen LogP contribution in [0, 0.1) is 6.92 Å². The molecule has 2 amide bonds. The Bertz CT molecular complexity index is 1150. The maximum atomic E-state index is 13.4. The fourth-order valence-electron chi connectivity index (χ4n) is 3.70. The van der Waals surface area contributed by atoms with Crippen LogP contribution in [0.5, 0.6) is 5.75 Å². The Morgan fingerprint density at radius 2 is 2.12 bits per heavy atom. The van der Waals surface area contributed by atoms with Gasteiger partial charge in [0, 0.05) is 56.4 Å². The molecule has 4 rings (SSSR count). The van der Waals surface area contributed by atoms with Gasteiger partial charge in [-0.3, -0.25) is 4.79 Å². The van der Waals surface area contributed by atoms with Crippen LogP contribution in [-0.2, 0) is 4.74 Å². The topological polar surface area (TPSA) is 96.9 Å². The number of aryl methyl sites for hydroxylation is 1. The number of hydrogen-bond donors (Lipinski definition) is 1.